The maximum Gasteiger partial charge on any atom is 0.312 e. The second-order valence-corrected chi connectivity index (χ2v) is 6.96. The van der Waals surface area contributed by atoms with Crippen LogP contribution in [0.15, 0.2) is 15.0 Å². The Balaban J connectivity index is 2.67. The Labute approximate surface area is 149 Å². The fourth-order valence-corrected chi connectivity index (χ4v) is 3.12. The highest BCUT2D eigenvalue weighted by Gasteiger charge is 2.26. The Hall–Kier alpha value is -1.23. The number of hydrogen-bond donors (Lipinski definition) is 3. The summed E-state index contributed by atoms with van der Waals surface area (Å²) in [6.45, 7) is 4.23. The molecular weight excluding hydrogens is 434 g/mol. The van der Waals surface area contributed by atoms with Gasteiger partial charge in [0.15, 0.2) is 5.52 Å². The molecule has 1 unspecified atom stereocenters. The minimum atomic E-state index is -0.719. The highest BCUT2D eigenvalue weighted by Crippen LogP contribution is 2.40. The van der Waals surface area contributed by atoms with Gasteiger partial charge in [0.1, 0.15) is 4.47 Å². The van der Waals surface area contributed by atoms with Crippen molar-refractivity contribution in [1.29, 1.82) is 0 Å². The van der Waals surface area contributed by atoms with Gasteiger partial charge in [0, 0.05) is 23.6 Å². The van der Waals surface area contributed by atoms with Crippen LogP contribution in [0.4, 0.5) is 11.6 Å². The van der Waals surface area contributed by atoms with E-state index in [0.29, 0.717) is 20.4 Å². The molecule has 0 bridgehead atoms. The minimum absolute atomic E-state index is 0.0187. The molecule has 0 saturated heterocycles. The number of nitro groups is 1. The Morgan fingerprint density at radius 2 is 2.17 bits per heavy atom. The highest BCUT2D eigenvalue weighted by molar-refractivity contribution is 9.13. The molecule has 1 aromatic carbocycles. The van der Waals surface area contributed by atoms with Crippen molar-refractivity contribution < 1.29 is 10.0 Å². The SMILES string of the molecule is CC(C)n1c(NCC(O)CN)nc2c([N+](=O)[O-])c(Br)c(Br)cc21. The molecule has 4 N–H and O–H groups in total. The molecule has 1 atom stereocenters. The lowest BCUT2D eigenvalue weighted by Crippen LogP contribution is -2.28. The largest absolute Gasteiger partial charge is 0.390 e. The summed E-state index contributed by atoms with van der Waals surface area (Å²) in [5.74, 6) is 0.454. The number of nitrogens with zero attached hydrogens (tertiary/aromatic N) is 3. The lowest BCUT2D eigenvalue weighted by atomic mass is 10.2. The van der Waals surface area contributed by atoms with E-state index in [1.165, 1.54) is 0 Å². The number of anilines is 1. The average Bonchev–Trinajstić information content (AvgIpc) is 2.83. The monoisotopic (exact) mass is 449 g/mol. The van der Waals surface area contributed by atoms with Crippen molar-refractivity contribution in [3.63, 3.8) is 0 Å². The Bertz CT molecular complexity index is 747. The predicted octanol–water partition coefficient (Wildman–Crippen LogP) is 2.78. The number of nitrogens with one attached hydrogen (secondary N) is 1. The van der Waals surface area contributed by atoms with E-state index in [1.54, 1.807) is 6.07 Å². The number of fused-ring (bicyclic) bond motifs is 1. The van der Waals surface area contributed by atoms with Gasteiger partial charge < -0.3 is 20.7 Å². The second-order valence-electron chi connectivity index (χ2n) is 5.32. The third kappa shape index (κ3) is 3.49. The van der Waals surface area contributed by atoms with Crippen LogP contribution in [0.25, 0.3) is 11.0 Å². The summed E-state index contributed by atoms with van der Waals surface area (Å²) in [6, 6.07) is 1.80. The number of benzene rings is 1. The molecule has 0 aliphatic rings. The molecule has 1 aromatic heterocycles. The molecule has 8 nitrogen and oxygen atoms in total. The van der Waals surface area contributed by atoms with Gasteiger partial charge in [-0.05, 0) is 51.8 Å². The lowest BCUT2D eigenvalue weighted by molar-refractivity contribution is -0.384. The van der Waals surface area contributed by atoms with Gasteiger partial charge in [0.25, 0.3) is 0 Å². The van der Waals surface area contributed by atoms with Crippen molar-refractivity contribution in [2.75, 3.05) is 18.4 Å². The van der Waals surface area contributed by atoms with Crippen molar-refractivity contribution in [2.24, 2.45) is 5.73 Å². The lowest BCUT2D eigenvalue weighted by Gasteiger charge is -2.15. The van der Waals surface area contributed by atoms with Crippen LogP contribution >= 0.6 is 31.9 Å². The van der Waals surface area contributed by atoms with Crippen LogP contribution in [0.1, 0.15) is 19.9 Å². The van der Waals surface area contributed by atoms with Gasteiger partial charge in [-0.25, -0.2) is 4.98 Å². The number of hydrogen-bond acceptors (Lipinski definition) is 6. The number of nitrogens with two attached hydrogens (primary N) is 1. The number of rotatable bonds is 6. The zero-order chi connectivity index (χ0) is 17.3. The summed E-state index contributed by atoms with van der Waals surface area (Å²) >= 11 is 6.56. The van der Waals surface area contributed by atoms with Crippen LogP contribution in [0, 0.1) is 10.1 Å². The first-order chi connectivity index (χ1) is 10.8. The Kier molecular flexibility index (Phi) is 5.61. The van der Waals surface area contributed by atoms with Gasteiger partial charge in [0.2, 0.25) is 5.95 Å². The number of halogens is 2. The zero-order valence-corrected chi connectivity index (χ0v) is 15.8. The third-order valence-corrected chi connectivity index (χ3v) is 5.28. The number of aliphatic hydroxyl groups is 1. The van der Waals surface area contributed by atoms with Crippen LogP contribution in [0.5, 0.6) is 0 Å². The first-order valence-electron chi connectivity index (χ1n) is 6.94. The van der Waals surface area contributed by atoms with E-state index in [4.69, 9.17) is 5.73 Å². The molecule has 0 aliphatic heterocycles. The fraction of sp³-hybridized carbons (Fsp3) is 0.462. The molecule has 23 heavy (non-hydrogen) atoms. The van der Waals surface area contributed by atoms with Crippen LogP contribution in [0.3, 0.4) is 0 Å². The summed E-state index contributed by atoms with van der Waals surface area (Å²) in [4.78, 5) is 15.3. The summed E-state index contributed by atoms with van der Waals surface area (Å²) in [7, 11) is 0. The van der Waals surface area contributed by atoms with Gasteiger partial charge in [-0.1, -0.05) is 0 Å². The van der Waals surface area contributed by atoms with Crippen molar-refractivity contribution in [3.05, 3.63) is 25.1 Å². The first kappa shape index (κ1) is 18.1. The van der Waals surface area contributed by atoms with Crippen LogP contribution in [-0.4, -0.2) is 38.8 Å². The van der Waals surface area contributed by atoms with Crippen molar-refractivity contribution in [3.8, 4) is 0 Å². The normalized spacial score (nSPS) is 12.8. The molecule has 2 rings (SSSR count). The van der Waals surface area contributed by atoms with Gasteiger partial charge in [-0.3, -0.25) is 10.1 Å². The van der Waals surface area contributed by atoms with E-state index < -0.39 is 11.0 Å². The molecule has 0 radical (unpaired) electrons. The molecule has 2 aromatic rings. The van der Waals surface area contributed by atoms with Gasteiger partial charge >= 0.3 is 5.69 Å². The van der Waals surface area contributed by atoms with Crippen molar-refractivity contribution in [1.82, 2.24) is 9.55 Å². The standard InChI is InChI=1S/C13H17Br2N5O3/c1-6(2)19-9-3-8(14)10(15)12(20(22)23)11(9)18-13(19)17-5-7(21)4-16/h3,6-7,21H,4-5,16H2,1-2H3,(H,17,18). The summed E-state index contributed by atoms with van der Waals surface area (Å²) in [5.41, 5.74) is 6.21. The van der Waals surface area contributed by atoms with E-state index in [-0.39, 0.29) is 30.3 Å². The van der Waals surface area contributed by atoms with E-state index in [1.807, 2.05) is 18.4 Å². The topological polar surface area (TPSA) is 119 Å². The second kappa shape index (κ2) is 7.12. The van der Waals surface area contributed by atoms with Crippen molar-refractivity contribution in [2.45, 2.75) is 26.0 Å². The van der Waals surface area contributed by atoms with Crippen LogP contribution in [-0.2, 0) is 0 Å². The molecule has 0 aliphatic carbocycles. The molecule has 0 fully saturated rings. The fourth-order valence-electron chi connectivity index (χ4n) is 2.26. The van der Waals surface area contributed by atoms with Crippen LogP contribution < -0.4 is 11.1 Å². The van der Waals surface area contributed by atoms with Crippen LogP contribution in [0.2, 0.25) is 0 Å². The quantitative estimate of drug-likeness (QED) is 0.459. The molecular formula is C13H17Br2N5O3. The van der Waals surface area contributed by atoms with E-state index in [2.05, 4.69) is 42.2 Å². The average molecular weight is 451 g/mol. The third-order valence-electron chi connectivity index (χ3n) is 3.32. The number of aliphatic hydroxyl groups excluding tert-OH is 1. The van der Waals surface area contributed by atoms with Gasteiger partial charge in [-0.15, -0.1) is 0 Å². The number of aromatic nitrogens is 2. The molecule has 1 heterocycles. The number of imidazole rings is 1. The minimum Gasteiger partial charge on any atom is -0.390 e. The molecule has 0 spiro atoms. The maximum absolute atomic E-state index is 11.4. The molecule has 126 valence electrons. The summed E-state index contributed by atoms with van der Waals surface area (Å²) in [6.07, 6.45) is -0.719. The predicted molar refractivity (Wildman–Crippen MR) is 95.7 cm³/mol. The van der Waals surface area contributed by atoms with Gasteiger partial charge in [0.05, 0.1) is 16.5 Å². The zero-order valence-electron chi connectivity index (χ0n) is 12.6. The van der Waals surface area contributed by atoms with E-state index in [0.717, 1.165) is 0 Å². The highest BCUT2D eigenvalue weighted by atomic mass is 79.9. The molecule has 10 heteroatoms. The Morgan fingerprint density at radius 1 is 1.52 bits per heavy atom. The Morgan fingerprint density at radius 3 is 2.70 bits per heavy atom. The van der Waals surface area contributed by atoms with Gasteiger partial charge in [-0.2, -0.15) is 0 Å². The molecule has 0 saturated carbocycles. The van der Waals surface area contributed by atoms with Crippen molar-refractivity contribution >= 4 is 54.5 Å². The smallest absolute Gasteiger partial charge is 0.312 e. The summed E-state index contributed by atoms with van der Waals surface area (Å²) < 4.78 is 2.77. The van der Waals surface area contributed by atoms with E-state index >= 15 is 0 Å². The first-order valence-corrected chi connectivity index (χ1v) is 8.52. The van der Waals surface area contributed by atoms with E-state index in [9.17, 15) is 15.2 Å². The number of nitro benzene ring substituents is 1. The maximum atomic E-state index is 11.4. The summed E-state index contributed by atoms with van der Waals surface area (Å²) in [5, 5.41) is 24.0. The molecule has 0 amide bonds.